The Morgan fingerprint density at radius 3 is 2.44 bits per heavy atom. The number of carbonyl (C=O) groups excluding carboxylic acids is 1. The summed E-state index contributed by atoms with van der Waals surface area (Å²) in [4.78, 5) is 13.0. The van der Waals surface area contributed by atoms with Crippen LogP contribution in [0.5, 0.6) is 0 Å². The van der Waals surface area contributed by atoms with E-state index in [1.807, 2.05) is 25.1 Å². The van der Waals surface area contributed by atoms with Gasteiger partial charge >= 0.3 is 0 Å². The number of fused-ring (bicyclic) bond motifs is 1. The maximum atomic E-state index is 13.9. The van der Waals surface area contributed by atoms with Crippen LogP contribution in [0.4, 0.5) is 8.78 Å². The Morgan fingerprint density at radius 1 is 1.05 bits per heavy atom. The third-order valence-electron chi connectivity index (χ3n) is 7.04. The molecule has 0 bridgehead atoms. The number of carbonyl (C=O) groups is 1. The molecule has 0 saturated carbocycles. The van der Waals surface area contributed by atoms with Crippen LogP contribution in [0.3, 0.4) is 0 Å². The number of hydrogen-bond donors (Lipinski definition) is 5. The Hall–Kier alpha value is -2.82. The molecule has 39 heavy (non-hydrogen) atoms. The molecule has 0 spiro atoms. The van der Waals surface area contributed by atoms with Gasteiger partial charge in [-0.2, -0.15) is 10.6 Å². The van der Waals surface area contributed by atoms with Gasteiger partial charge in [-0.25, -0.2) is 8.78 Å². The van der Waals surface area contributed by atoms with Crippen molar-refractivity contribution < 1.29 is 27.8 Å². The second kappa shape index (κ2) is 12.1. The number of hydrogen-bond acceptors (Lipinski definition) is 5. The Kier molecular flexibility index (Phi) is 9.08. The fraction of sp³-hybridized carbons (Fsp3) is 0.367. The van der Waals surface area contributed by atoms with E-state index in [1.54, 1.807) is 18.2 Å². The lowest BCUT2D eigenvalue weighted by Crippen LogP contribution is -2.49. The first-order chi connectivity index (χ1) is 18.4. The second-order valence-corrected chi connectivity index (χ2v) is 12.9. The molecule has 0 aliphatic carbocycles. The topological polar surface area (TPSA) is 102 Å². The van der Waals surface area contributed by atoms with Gasteiger partial charge in [0.25, 0.3) is 5.91 Å². The molecule has 3 aromatic carbocycles. The third kappa shape index (κ3) is 7.64. The summed E-state index contributed by atoms with van der Waals surface area (Å²) in [5.74, 6) is -1.33. The van der Waals surface area contributed by atoms with E-state index in [4.69, 9.17) is 0 Å². The standard InChI is InChI=1S/C30H36F2N2O4S/c1-18(2)21-7-8-23-16-39(37,38)17-28(26(23)13-21)33-15-29(35)27(12-20-10-24(31)14-25(32)11-20)34-30(36)22-6-4-5-19(3)9-22/h4-11,13-14,18,27-29,33,35,37-38H,12,15-17H2,1-3H3,(H,34,36)/t27-,28?,29+/m0/s1. The molecule has 1 aliphatic heterocycles. The van der Waals surface area contributed by atoms with Gasteiger partial charge in [-0.15, -0.1) is 0 Å². The minimum absolute atomic E-state index is 0.00208. The summed E-state index contributed by atoms with van der Waals surface area (Å²) in [6, 6.07) is 14.8. The Balaban J connectivity index is 1.56. The van der Waals surface area contributed by atoms with Gasteiger partial charge < -0.3 is 15.7 Å². The maximum Gasteiger partial charge on any atom is 0.251 e. The highest BCUT2D eigenvalue weighted by molar-refractivity contribution is 8.23. The molecule has 210 valence electrons. The van der Waals surface area contributed by atoms with Gasteiger partial charge in [0.1, 0.15) is 11.6 Å². The van der Waals surface area contributed by atoms with E-state index in [1.165, 1.54) is 12.1 Å². The molecule has 1 unspecified atom stereocenters. The molecular formula is C30H36F2N2O4S. The summed E-state index contributed by atoms with van der Waals surface area (Å²) in [5.41, 5.74) is 4.51. The van der Waals surface area contributed by atoms with E-state index in [-0.39, 0.29) is 30.4 Å². The molecule has 1 heterocycles. The molecular weight excluding hydrogens is 522 g/mol. The number of benzene rings is 3. The average molecular weight is 559 g/mol. The van der Waals surface area contributed by atoms with Crippen LogP contribution in [0.25, 0.3) is 0 Å². The van der Waals surface area contributed by atoms with Crippen LogP contribution in [-0.4, -0.2) is 44.6 Å². The normalized spacial score (nSPS) is 18.7. The fourth-order valence-electron chi connectivity index (χ4n) is 4.97. The Bertz CT molecular complexity index is 1310. The lowest BCUT2D eigenvalue weighted by molar-refractivity contribution is 0.0825. The van der Waals surface area contributed by atoms with Crippen molar-refractivity contribution in [1.29, 1.82) is 0 Å². The molecule has 3 aromatic rings. The van der Waals surface area contributed by atoms with Crippen molar-refractivity contribution in [3.63, 3.8) is 0 Å². The molecule has 3 atom stereocenters. The predicted molar refractivity (Wildman–Crippen MR) is 151 cm³/mol. The first-order valence-corrected chi connectivity index (χ1v) is 14.9. The molecule has 0 aromatic heterocycles. The average Bonchev–Trinajstić information content (AvgIpc) is 2.85. The fourth-order valence-corrected chi connectivity index (χ4v) is 6.68. The molecule has 0 radical (unpaired) electrons. The van der Waals surface area contributed by atoms with Crippen LogP contribution in [0.1, 0.15) is 64.0 Å². The van der Waals surface area contributed by atoms with Crippen molar-refractivity contribution in [3.05, 3.63) is 106 Å². The van der Waals surface area contributed by atoms with Crippen molar-refractivity contribution in [2.45, 2.75) is 57.1 Å². The summed E-state index contributed by atoms with van der Waals surface area (Å²) in [6.07, 6.45) is -1.16. The van der Waals surface area contributed by atoms with Gasteiger partial charge in [0, 0.05) is 18.2 Å². The quantitative estimate of drug-likeness (QED) is 0.232. The highest BCUT2D eigenvalue weighted by atomic mass is 32.3. The molecule has 1 amide bonds. The molecule has 6 nitrogen and oxygen atoms in total. The van der Waals surface area contributed by atoms with Crippen molar-refractivity contribution in [2.75, 3.05) is 12.3 Å². The van der Waals surface area contributed by atoms with Crippen LogP contribution < -0.4 is 10.6 Å². The van der Waals surface area contributed by atoms with Crippen molar-refractivity contribution >= 4 is 16.5 Å². The maximum absolute atomic E-state index is 13.9. The van der Waals surface area contributed by atoms with E-state index < -0.39 is 46.3 Å². The number of rotatable bonds is 9. The van der Waals surface area contributed by atoms with Gasteiger partial charge in [0.05, 0.1) is 29.7 Å². The van der Waals surface area contributed by atoms with Crippen LogP contribution in [0.2, 0.25) is 0 Å². The van der Waals surface area contributed by atoms with E-state index in [0.717, 1.165) is 28.3 Å². The van der Waals surface area contributed by atoms with Gasteiger partial charge in [-0.1, -0.05) is 49.7 Å². The largest absolute Gasteiger partial charge is 0.390 e. The zero-order valence-corrected chi connectivity index (χ0v) is 23.1. The highest BCUT2D eigenvalue weighted by Gasteiger charge is 2.32. The van der Waals surface area contributed by atoms with Crippen molar-refractivity contribution in [1.82, 2.24) is 10.6 Å². The minimum atomic E-state index is -2.86. The number of nitrogens with one attached hydrogen (secondary N) is 2. The number of amides is 1. The third-order valence-corrected chi connectivity index (χ3v) is 8.69. The molecule has 9 heteroatoms. The van der Waals surface area contributed by atoms with Crippen LogP contribution in [-0.2, 0) is 12.2 Å². The van der Waals surface area contributed by atoms with E-state index in [0.29, 0.717) is 11.1 Å². The van der Waals surface area contributed by atoms with E-state index >= 15 is 0 Å². The van der Waals surface area contributed by atoms with Gasteiger partial charge in [0.15, 0.2) is 0 Å². The van der Waals surface area contributed by atoms with Crippen LogP contribution >= 0.6 is 10.6 Å². The van der Waals surface area contributed by atoms with Crippen LogP contribution in [0, 0.1) is 18.6 Å². The molecule has 4 rings (SSSR count). The number of aryl methyl sites for hydroxylation is 1. The van der Waals surface area contributed by atoms with Gasteiger partial charge in [-0.3, -0.25) is 13.9 Å². The molecule has 0 fully saturated rings. The molecule has 5 N–H and O–H groups in total. The highest BCUT2D eigenvalue weighted by Crippen LogP contribution is 2.51. The molecule has 1 aliphatic rings. The summed E-state index contributed by atoms with van der Waals surface area (Å²) >= 11 is 0. The summed E-state index contributed by atoms with van der Waals surface area (Å²) in [5, 5.41) is 17.3. The van der Waals surface area contributed by atoms with Gasteiger partial charge in [-0.05, 0) is 65.8 Å². The second-order valence-electron chi connectivity index (χ2n) is 10.7. The lowest BCUT2D eigenvalue weighted by Gasteiger charge is -2.42. The SMILES string of the molecule is Cc1cccc(C(=O)N[C@@H](Cc2cc(F)cc(F)c2)[C@H](O)CNC2CS(O)(O)Cc3ccc(C(C)C)cc32)c1. The summed E-state index contributed by atoms with van der Waals surface area (Å²) < 4.78 is 48.9. The number of aliphatic hydroxyl groups excluding tert-OH is 1. The zero-order valence-electron chi connectivity index (χ0n) is 22.3. The number of halogens is 2. The predicted octanol–water partition coefficient (Wildman–Crippen LogP) is 5.69. The minimum Gasteiger partial charge on any atom is -0.390 e. The van der Waals surface area contributed by atoms with Crippen LogP contribution in [0.15, 0.2) is 60.7 Å². The summed E-state index contributed by atoms with van der Waals surface area (Å²) in [7, 11) is -2.86. The first-order valence-electron chi connectivity index (χ1n) is 13.0. The number of aliphatic hydroxyl groups is 1. The zero-order chi connectivity index (χ0) is 28.3. The Morgan fingerprint density at radius 2 is 1.77 bits per heavy atom. The van der Waals surface area contributed by atoms with E-state index in [2.05, 4.69) is 30.5 Å². The smallest absolute Gasteiger partial charge is 0.251 e. The first kappa shape index (κ1) is 29.2. The Labute approximate surface area is 229 Å². The van der Waals surface area contributed by atoms with Crippen molar-refractivity contribution in [2.24, 2.45) is 0 Å². The van der Waals surface area contributed by atoms with Gasteiger partial charge in [0.2, 0.25) is 0 Å². The monoisotopic (exact) mass is 558 g/mol. The lowest BCUT2D eigenvalue weighted by atomic mass is 9.94. The molecule has 0 saturated heterocycles. The van der Waals surface area contributed by atoms with E-state index in [9.17, 15) is 27.8 Å². The van der Waals surface area contributed by atoms with Crippen molar-refractivity contribution in [3.8, 4) is 0 Å². The summed E-state index contributed by atoms with van der Waals surface area (Å²) in [6.45, 7) is 6.03.